The van der Waals surface area contributed by atoms with E-state index in [4.69, 9.17) is 0 Å². The van der Waals surface area contributed by atoms with Crippen molar-refractivity contribution in [3.8, 4) is 0 Å². The van der Waals surface area contributed by atoms with E-state index in [2.05, 4.69) is 32.6 Å². The van der Waals surface area contributed by atoms with E-state index < -0.39 is 0 Å². The quantitative estimate of drug-likeness (QED) is 0.770. The summed E-state index contributed by atoms with van der Waals surface area (Å²) in [5, 5.41) is 0. The fourth-order valence-electron chi connectivity index (χ4n) is 2.99. The van der Waals surface area contributed by atoms with Gasteiger partial charge in [-0.1, -0.05) is 26.0 Å². The number of carbonyl (C=O) groups is 1. The summed E-state index contributed by atoms with van der Waals surface area (Å²) < 4.78 is 0. The normalized spacial score (nSPS) is 20.2. The molecule has 1 fully saturated rings. The summed E-state index contributed by atoms with van der Waals surface area (Å²) in [4.78, 5) is 14.8. The van der Waals surface area contributed by atoms with E-state index in [9.17, 15) is 4.79 Å². The average Bonchev–Trinajstić information content (AvgIpc) is 2.80. The van der Waals surface area contributed by atoms with Gasteiger partial charge in [0.1, 0.15) is 0 Å². The van der Waals surface area contributed by atoms with Gasteiger partial charge in [0.2, 0.25) is 0 Å². The zero-order chi connectivity index (χ0) is 14.0. The maximum absolute atomic E-state index is 12.4. The number of hydrogen-bond acceptors (Lipinski definition) is 2. The third-order valence-corrected chi connectivity index (χ3v) is 4.36. The Labute approximate surface area is 116 Å². The fraction of sp³-hybridized carbons (Fsp3) is 0.588. The molecule has 19 heavy (non-hydrogen) atoms. The van der Waals surface area contributed by atoms with Crippen molar-refractivity contribution >= 4 is 5.78 Å². The highest BCUT2D eigenvalue weighted by Gasteiger charge is 2.28. The first-order valence-corrected chi connectivity index (χ1v) is 7.33. The van der Waals surface area contributed by atoms with Gasteiger partial charge in [-0.15, -0.1) is 0 Å². The van der Waals surface area contributed by atoms with E-state index in [-0.39, 0.29) is 5.78 Å². The molecule has 1 aromatic rings. The van der Waals surface area contributed by atoms with Crippen LogP contribution in [0.1, 0.15) is 48.2 Å². The molecular formula is C17H25NO. The van der Waals surface area contributed by atoms with Crippen LogP contribution in [0.2, 0.25) is 0 Å². The Kier molecular flexibility index (Phi) is 4.41. The van der Waals surface area contributed by atoms with Gasteiger partial charge in [-0.05, 0) is 56.3 Å². The summed E-state index contributed by atoms with van der Waals surface area (Å²) in [7, 11) is 0. The molecule has 1 saturated heterocycles. The number of ketones is 1. The number of carbonyl (C=O) groups excluding carboxylic acids is 1. The number of rotatable bonds is 4. The number of nitrogens with zero attached hydrogens (tertiary/aromatic N) is 1. The molecule has 2 nitrogen and oxygen atoms in total. The summed E-state index contributed by atoms with van der Waals surface area (Å²) in [6.45, 7) is 10.3. The second kappa shape index (κ2) is 5.87. The number of benzene rings is 1. The molecule has 0 bridgehead atoms. The summed E-state index contributed by atoms with van der Waals surface area (Å²) in [6, 6.07) is 6.62. The maximum atomic E-state index is 12.4. The van der Waals surface area contributed by atoms with Crippen LogP contribution in [0.25, 0.3) is 0 Å². The van der Waals surface area contributed by atoms with E-state index >= 15 is 0 Å². The molecule has 104 valence electrons. The minimum atomic E-state index is 0.260. The highest BCUT2D eigenvalue weighted by Crippen LogP contribution is 2.24. The van der Waals surface area contributed by atoms with Gasteiger partial charge >= 0.3 is 0 Å². The van der Waals surface area contributed by atoms with Crippen molar-refractivity contribution < 1.29 is 4.79 Å². The molecule has 1 unspecified atom stereocenters. The molecule has 0 N–H and O–H groups in total. The van der Waals surface area contributed by atoms with Gasteiger partial charge in [0, 0.05) is 11.6 Å². The highest BCUT2D eigenvalue weighted by atomic mass is 16.1. The fourth-order valence-corrected chi connectivity index (χ4v) is 2.99. The molecule has 2 heteroatoms. The lowest BCUT2D eigenvalue weighted by atomic mass is 10.0. The predicted molar refractivity (Wildman–Crippen MR) is 79.7 cm³/mol. The van der Waals surface area contributed by atoms with Crippen LogP contribution in [0.3, 0.4) is 0 Å². The van der Waals surface area contributed by atoms with Gasteiger partial charge in [0.15, 0.2) is 5.78 Å². The van der Waals surface area contributed by atoms with Crippen molar-refractivity contribution in [2.75, 3.05) is 13.1 Å². The molecule has 0 aromatic heterocycles. The Morgan fingerprint density at radius 2 is 2.05 bits per heavy atom. The van der Waals surface area contributed by atoms with Crippen molar-refractivity contribution in [3.63, 3.8) is 0 Å². The topological polar surface area (TPSA) is 20.3 Å². The summed E-state index contributed by atoms with van der Waals surface area (Å²) >= 11 is 0. The first-order valence-electron chi connectivity index (χ1n) is 7.33. The molecular weight excluding hydrogens is 234 g/mol. The Morgan fingerprint density at radius 3 is 2.68 bits per heavy atom. The lowest BCUT2D eigenvalue weighted by molar-refractivity contribution is 0.0904. The standard InChI is InChI=1S/C17H25NO/c1-12(2)16-6-5-9-18(16)11-17(19)15-8-7-13(3)14(4)10-15/h7-8,10,12,16H,5-6,9,11H2,1-4H3. The number of aryl methyl sites for hydroxylation is 2. The van der Waals surface area contributed by atoms with E-state index in [0.717, 1.165) is 12.1 Å². The van der Waals surface area contributed by atoms with Gasteiger partial charge in [-0.25, -0.2) is 0 Å². The van der Waals surface area contributed by atoms with Gasteiger partial charge in [0.25, 0.3) is 0 Å². The zero-order valence-electron chi connectivity index (χ0n) is 12.6. The first kappa shape index (κ1) is 14.3. The van der Waals surface area contributed by atoms with Crippen LogP contribution < -0.4 is 0 Å². The van der Waals surface area contributed by atoms with Crippen molar-refractivity contribution in [2.24, 2.45) is 5.92 Å². The molecule has 0 aliphatic carbocycles. The molecule has 0 saturated carbocycles. The predicted octanol–water partition coefficient (Wildman–Crippen LogP) is 3.61. The highest BCUT2D eigenvalue weighted by molar-refractivity contribution is 5.97. The summed E-state index contributed by atoms with van der Waals surface area (Å²) in [5.74, 6) is 0.894. The molecule has 0 spiro atoms. The van der Waals surface area contributed by atoms with Gasteiger partial charge in [-0.2, -0.15) is 0 Å². The molecule has 0 amide bonds. The Balaban J connectivity index is 2.06. The van der Waals surface area contributed by atoms with Crippen LogP contribution in [-0.2, 0) is 0 Å². The van der Waals surface area contributed by atoms with Gasteiger partial charge < -0.3 is 0 Å². The minimum absolute atomic E-state index is 0.260. The second-order valence-electron chi connectivity index (χ2n) is 6.15. The largest absolute Gasteiger partial charge is 0.293 e. The van der Waals surface area contributed by atoms with Crippen LogP contribution >= 0.6 is 0 Å². The third-order valence-electron chi connectivity index (χ3n) is 4.36. The van der Waals surface area contributed by atoms with Crippen LogP contribution in [0.5, 0.6) is 0 Å². The van der Waals surface area contributed by atoms with Crippen LogP contribution in [-0.4, -0.2) is 29.8 Å². The number of likely N-dealkylation sites (tertiary alicyclic amines) is 1. The second-order valence-corrected chi connectivity index (χ2v) is 6.15. The van der Waals surface area contributed by atoms with Crippen molar-refractivity contribution in [2.45, 2.75) is 46.6 Å². The van der Waals surface area contributed by atoms with E-state index in [0.29, 0.717) is 18.5 Å². The maximum Gasteiger partial charge on any atom is 0.176 e. The first-order chi connectivity index (χ1) is 8.99. The van der Waals surface area contributed by atoms with Crippen molar-refractivity contribution in [1.29, 1.82) is 0 Å². The van der Waals surface area contributed by atoms with Crippen LogP contribution in [0.15, 0.2) is 18.2 Å². The third kappa shape index (κ3) is 3.24. The van der Waals surface area contributed by atoms with Crippen LogP contribution in [0, 0.1) is 19.8 Å². The number of Topliss-reactive ketones (excluding diaryl/α,β-unsaturated/α-hetero) is 1. The van der Waals surface area contributed by atoms with E-state index in [1.165, 1.54) is 24.0 Å². The lowest BCUT2D eigenvalue weighted by Crippen LogP contribution is -2.37. The monoisotopic (exact) mass is 259 g/mol. The molecule has 0 radical (unpaired) electrons. The molecule has 2 rings (SSSR count). The lowest BCUT2D eigenvalue weighted by Gasteiger charge is -2.26. The van der Waals surface area contributed by atoms with Crippen molar-refractivity contribution in [1.82, 2.24) is 4.90 Å². The Hall–Kier alpha value is -1.15. The van der Waals surface area contributed by atoms with E-state index in [1.54, 1.807) is 0 Å². The molecule has 1 aliphatic heterocycles. The Morgan fingerprint density at radius 1 is 1.32 bits per heavy atom. The van der Waals surface area contributed by atoms with Gasteiger partial charge in [-0.3, -0.25) is 9.69 Å². The zero-order valence-corrected chi connectivity index (χ0v) is 12.6. The molecule has 1 heterocycles. The van der Waals surface area contributed by atoms with Crippen LogP contribution in [0.4, 0.5) is 0 Å². The van der Waals surface area contributed by atoms with Crippen molar-refractivity contribution in [3.05, 3.63) is 34.9 Å². The molecule has 1 aromatic carbocycles. The summed E-state index contributed by atoms with van der Waals surface area (Å²) in [6.07, 6.45) is 2.46. The van der Waals surface area contributed by atoms with Gasteiger partial charge in [0.05, 0.1) is 6.54 Å². The Bertz CT molecular complexity index is 464. The minimum Gasteiger partial charge on any atom is -0.293 e. The summed E-state index contributed by atoms with van der Waals surface area (Å²) in [5.41, 5.74) is 3.31. The SMILES string of the molecule is Cc1ccc(C(=O)CN2CCCC2C(C)C)cc1C. The molecule has 1 aliphatic rings. The average molecular weight is 259 g/mol. The number of hydrogen-bond donors (Lipinski definition) is 0. The van der Waals surface area contributed by atoms with E-state index in [1.807, 2.05) is 18.2 Å². The smallest absolute Gasteiger partial charge is 0.176 e. The molecule has 1 atom stereocenters.